The van der Waals surface area contributed by atoms with Crippen LogP contribution in [0.2, 0.25) is 0 Å². The smallest absolute Gasteiger partial charge is 0.320 e. The van der Waals surface area contributed by atoms with E-state index >= 15 is 0 Å². The van der Waals surface area contributed by atoms with Crippen molar-refractivity contribution < 1.29 is 14.8 Å². The van der Waals surface area contributed by atoms with Gasteiger partial charge in [-0.25, -0.2) is 0 Å². The summed E-state index contributed by atoms with van der Waals surface area (Å²) in [6.45, 7) is 3.35. The van der Waals surface area contributed by atoms with Crippen molar-refractivity contribution in [3.8, 4) is 0 Å². The van der Waals surface area contributed by atoms with Crippen molar-refractivity contribution in [3.63, 3.8) is 0 Å². The Morgan fingerprint density at radius 1 is 1.35 bits per heavy atom. The third-order valence-corrected chi connectivity index (χ3v) is 2.47. The van der Waals surface area contributed by atoms with Gasteiger partial charge in [-0.1, -0.05) is 12.1 Å². The summed E-state index contributed by atoms with van der Waals surface area (Å²) in [5, 5.41) is 22.1. The molecule has 92 valence electrons. The van der Waals surface area contributed by atoms with Crippen LogP contribution in [0.15, 0.2) is 24.3 Å². The van der Waals surface area contributed by atoms with Gasteiger partial charge in [-0.05, 0) is 19.4 Å². The molecule has 1 aromatic carbocycles. The van der Waals surface area contributed by atoms with Gasteiger partial charge in [0, 0.05) is 18.2 Å². The molecule has 6 nitrogen and oxygen atoms in total. The summed E-state index contributed by atoms with van der Waals surface area (Å²) < 4.78 is 0. The summed E-state index contributed by atoms with van der Waals surface area (Å²) in [6, 6.07) is 5.19. The molecule has 6 heteroatoms. The molecule has 2 unspecified atom stereocenters. The number of nitrogens with one attached hydrogen (secondary N) is 1. The highest BCUT2D eigenvalue weighted by atomic mass is 16.6. The van der Waals surface area contributed by atoms with Crippen LogP contribution >= 0.6 is 0 Å². The Morgan fingerprint density at radius 3 is 2.29 bits per heavy atom. The standard InChI is InChI=1S/C11H14N2O4/c1-7(12-8(2)11(14)15)9-3-5-10(6-4-9)13(16)17/h3-8,12H,1-2H3,(H,14,15). The minimum absolute atomic E-state index is 0.0206. The molecule has 2 N–H and O–H groups in total. The van der Waals surface area contributed by atoms with Crippen LogP contribution in [0.5, 0.6) is 0 Å². The predicted molar refractivity (Wildman–Crippen MR) is 61.7 cm³/mol. The molecular weight excluding hydrogens is 224 g/mol. The summed E-state index contributed by atoms with van der Waals surface area (Å²) in [4.78, 5) is 20.6. The van der Waals surface area contributed by atoms with E-state index in [0.717, 1.165) is 5.56 Å². The number of nitro groups is 1. The Morgan fingerprint density at radius 2 is 1.88 bits per heavy atom. The van der Waals surface area contributed by atoms with Gasteiger partial charge in [0.2, 0.25) is 0 Å². The minimum Gasteiger partial charge on any atom is -0.480 e. The maximum absolute atomic E-state index is 10.7. The summed E-state index contributed by atoms with van der Waals surface area (Å²) in [5.41, 5.74) is 0.830. The molecule has 0 aliphatic carbocycles. The van der Waals surface area contributed by atoms with Crippen LogP contribution in [0.4, 0.5) is 5.69 Å². The molecule has 0 saturated heterocycles. The number of benzene rings is 1. The number of rotatable bonds is 5. The van der Waals surface area contributed by atoms with E-state index in [9.17, 15) is 14.9 Å². The maximum atomic E-state index is 10.7. The zero-order valence-electron chi connectivity index (χ0n) is 9.58. The first kappa shape index (κ1) is 13.1. The number of hydrogen-bond acceptors (Lipinski definition) is 4. The van der Waals surface area contributed by atoms with Gasteiger partial charge < -0.3 is 5.11 Å². The first-order chi connectivity index (χ1) is 7.91. The van der Waals surface area contributed by atoms with Crippen molar-refractivity contribution in [2.45, 2.75) is 25.9 Å². The number of nitro benzene ring substituents is 1. The van der Waals surface area contributed by atoms with E-state index in [-0.39, 0.29) is 11.7 Å². The SMILES string of the molecule is CC(NC(C)c1ccc([N+](=O)[O-])cc1)C(=O)O. The molecule has 0 bridgehead atoms. The van der Waals surface area contributed by atoms with Gasteiger partial charge in [0.25, 0.3) is 5.69 Å². The summed E-state index contributed by atoms with van der Waals surface area (Å²) in [6.07, 6.45) is 0. The summed E-state index contributed by atoms with van der Waals surface area (Å²) in [7, 11) is 0. The number of carbonyl (C=O) groups is 1. The van der Waals surface area contributed by atoms with Crippen molar-refractivity contribution in [2.75, 3.05) is 0 Å². The number of carboxylic acids is 1. The Hall–Kier alpha value is -1.95. The topological polar surface area (TPSA) is 92.5 Å². The van der Waals surface area contributed by atoms with E-state index in [1.165, 1.54) is 12.1 Å². The molecule has 0 aliphatic heterocycles. The van der Waals surface area contributed by atoms with E-state index in [4.69, 9.17) is 5.11 Å². The largest absolute Gasteiger partial charge is 0.480 e. The van der Waals surface area contributed by atoms with Gasteiger partial charge in [-0.15, -0.1) is 0 Å². The fourth-order valence-corrected chi connectivity index (χ4v) is 1.43. The van der Waals surface area contributed by atoms with Crippen LogP contribution in [0.25, 0.3) is 0 Å². The normalized spacial score (nSPS) is 14.0. The quantitative estimate of drug-likeness (QED) is 0.601. The molecule has 1 rings (SSSR count). The average molecular weight is 238 g/mol. The lowest BCUT2D eigenvalue weighted by Crippen LogP contribution is -2.35. The van der Waals surface area contributed by atoms with E-state index < -0.39 is 16.9 Å². The van der Waals surface area contributed by atoms with Gasteiger partial charge in [0.05, 0.1) is 4.92 Å². The summed E-state index contributed by atoms with van der Waals surface area (Å²) in [5.74, 6) is -0.932. The Labute approximate surface area is 98.4 Å². The summed E-state index contributed by atoms with van der Waals surface area (Å²) >= 11 is 0. The van der Waals surface area contributed by atoms with Crippen LogP contribution in [0.1, 0.15) is 25.5 Å². The molecule has 0 radical (unpaired) electrons. The highest BCUT2D eigenvalue weighted by Gasteiger charge is 2.15. The minimum atomic E-state index is -0.932. The number of nitrogens with zero attached hydrogens (tertiary/aromatic N) is 1. The van der Waals surface area contributed by atoms with E-state index in [0.29, 0.717) is 0 Å². The van der Waals surface area contributed by atoms with Gasteiger partial charge >= 0.3 is 5.97 Å². The third kappa shape index (κ3) is 3.53. The van der Waals surface area contributed by atoms with Gasteiger partial charge in [-0.2, -0.15) is 0 Å². The molecule has 0 aromatic heterocycles. The molecule has 2 atom stereocenters. The number of aliphatic carboxylic acids is 1. The Bertz CT molecular complexity index is 416. The van der Waals surface area contributed by atoms with Crippen LogP contribution in [-0.4, -0.2) is 22.0 Å². The van der Waals surface area contributed by atoms with E-state index in [2.05, 4.69) is 5.32 Å². The maximum Gasteiger partial charge on any atom is 0.320 e. The van der Waals surface area contributed by atoms with E-state index in [1.807, 2.05) is 0 Å². The zero-order chi connectivity index (χ0) is 13.0. The van der Waals surface area contributed by atoms with Crippen molar-refractivity contribution in [1.82, 2.24) is 5.32 Å². The van der Waals surface area contributed by atoms with Crippen LogP contribution in [0, 0.1) is 10.1 Å². The molecule has 0 spiro atoms. The molecule has 0 saturated carbocycles. The predicted octanol–water partition coefficient (Wildman–Crippen LogP) is 1.72. The highest BCUT2D eigenvalue weighted by Crippen LogP contribution is 2.17. The first-order valence-electron chi connectivity index (χ1n) is 5.15. The van der Waals surface area contributed by atoms with Crippen LogP contribution < -0.4 is 5.32 Å². The second-order valence-corrected chi connectivity index (χ2v) is 3.80. The molecule has 0 heterocycles. The highest BCUT2D eigenvalue weighted by molar-refractivity contribution is 5.72. The number of non-ortho nitro benzene ring substituents is 1. The second-order valence-electron chi connectivity index (χ2n) is 3.80. The molecule has 17 heavy (non-hydrogen) atoms. The van der Waals surface area contributed by atoms with Gasteiger partial charge in [0.1, 0.15) is 6.04 Å². The lowest BCUT2D eigenvalue weighted by atomic mass is 10.1. The molecule has 0 fully saturated rings. The molecule has 0 aliphatic rings. The van der Waals surface area contributed by atoms with Crippen molar-refractivity contribution in [3.05, 3.63) is 39.9 Å². The molecular formula is C11H14N2O4. The second kappa shape index (κ2) is 5.40. The van der Waals surface area contributed by atoms with Crippen molar-refractivity contribution in [1.29, 1.82) is 0 Å². The fraction of sp³-hybridized carbons (Fsp3) is 0.364. The van der Waals surface area contributed by atoms with Gasteiger partial charge in [-0.3, -0.25) is 20.2 Å². The number of hydrogen-bond donors (Lipinski definition) is 2. The zero-order valence-corrected chi connectivity index (χ0v) is 9.58. The Kier molecular flexibility index (Phi) is 4.17. The van der Waals surface area contributed by atoms with Crippen molar-refractivity contribution in [2.24, 2.45) is 0 Å². The lowest BCUT2D eigenvalue weighted by Gasteiger charge is -2.17. The van der Waals surface area contributed by atoms with E-state index in [1.54, 1.807) is 26.0 Å². The Balaban J connectivity index is 2.73. The lowest BCUT2D eigenvalue weighted by molar-refractivity contribution is -0.384. The third-order valence-electron chi connectivity index (χ3n) is 2.47. The monoisotopic (exact) mass is 238 g/mol. The molecule has 1 aromatic rings. The van der Waals surface area contributed by atoms with Crippen LogP contribution in [0.3, 0.4) is 0 Å². The van der Waals surface area contributed by atoms with Crippen LogP contribution in [-0.2, 0) is 4.79 Å². The molecule has 0 amide bonds. The first-order valence-corrected chi connectivity index (χ1v) is 5.15. The number of carboxylic acid groups (broad SMARTS) is 1. The van der Waals surface area contributed by atoms with Crippen molar-refractivity contribution >= 4 is 11.7 Å². The fourth-order valence-electron chi connectivity index (χ4n) is 1.43. The average Bonchev–Trinajstić information content (AvgIpc) is 2.28. The van der Waals surface area contributed by atoms with Gasteiger partial charge in [0.15, 0.2) is 0 Å².